The summed E-state index contributed by atoms with van der Waals surface area (Å²) in [5.41, 5.74) is -1.93. The molecule has 92 valence electrons. The average molecular weight is 228 g/mol. The maximum Gasteiger partial charge on any atom is 0.322 e. The van der Waals surface area contributed by atoms with E-state index in [0.29, 0.717) is 12.8 Å². The molecule has 0 aromatic carbocycles. The second-order valence-electron chi connectivity index (χ2n) is 5.37. The van der Waals surface area contributed by atoms with Crippen molar-refractivity contribution in [3.8, 4) is 0 Å². The Morgan fingerprint density at radius 2 is 2.06 bits per heavy atom. The molecule has 4 heteroatoms. The highest BCUT2D eigenvalue weighted by atomic mass is 16.6. The molecule has 0 amide bonds. The molecule has 1 fully saturated rings. The number of carbonyl (C=O) groups excluding carboxylic acids is 2. The van der Waals surface area contributed by atoms with E-state index in [0.717, 1.165) is 12.8 Å². The van der Waals surface area contributed by atoms with Gasteiger partial charge in [0.15, 0.2) is 5.78 Å². The maximum atomic E-state index is 12.0. The number of ketones is 1. The first kappa shape index (κ1) is 13.2. The van der Waals surface area contributed by atoms with Crippen molar-refractivity contribution in [3.63, 3.8) is 0 Å². The topological polar surface area (TPSA) is 63.6 Å². The summed E-state index contributed by atoms with van der Waals surface area (Å²) in [6.07, 6.45) is 2.34. The number of esters is 1. The molecule has 0 saturated heterocycles. The SMILES string of the molecule is CC(C)(C)OC(=O)[C@@]1(CO)CCCCC1=O. The first-order valence-electron chi connectivity index (χ1n) is 5.69. The Morgan fingerprint density at radius 3 is 2.50 bits per heavy atom. The molecule has 1 atom stereocenters. The van der Waals surface area contributed by atoms with E-state index in [4.69, 9.17) is 4.74 Å². The van der Waals surface area contributed by atoms with Crippen molar-refractivity contribution in [1.82, 2.24) is 0 Å². The van der Waals surface area contributed by atoms with Gasteiger partial charge >= 0.3 is 5.97 Å². The first-order valence-corrected chi connectivity index (χ1v) is 5.69. The van der Waals surface area contributed by atoms with E-state index in [9.17, 15) is 14.7 Å². The van der Waals surface area contributed by atoms with Gasteiger partial charge in [0.25, 0.3) is 0 Å². The smallest absolute Gasteiger partial charge is 0.322 e. The van der Waals surface area contributed by atoms with E-state index in [2.05, 4.69) is 0 Å². The Balaban J connectivity index is 2.87. The lowest BCUT2D eigenvalue weighted by atomic mass is 9.73. The number of hydrogen-bond donors (Lipinski definition) is 1. The number of rotatable bonds is 2. The van der Waals surface area contributed by atoms with Gasteiger partial charge in [0.1, 0.15) is 11.0 Å². The largest absolute Gasteiger partial charge is 0.459 e. The normalized spacial score (nSPS) is 26.6. The molecule has 0 aliphatic heterocycles. The van der Waals surface area contributed by atoms with Gasteiger partial charge in [-0.2, -0.15) is 0 Å². The van der Waals surface area contributed by atoms with Crippen LogP contribution in [-0.2, 0) is 14.3 Å². The molecule has 4 nitrogen and oxygen atoms in total. The number of aliphatic hydroxyl groups is 1. The Hall–Kier alpha value is -0.900. The van der Waals surface area contributed by atoms with E-state index >= 15 is 0 Å². The summed E-state index contributed by atoms with van der Waals surface area (Å²) < 4.78 is 5.22. The molecule has 0 unspecified atom stereocenters. The highest BCUT2D eigenvalue weighted by Crippen LogP contribution is 2.35. The van der Waals surface area contributed by atoms with Gasteiger partial charge in [-0.3, -0.25) is 9.59 Å². The van der Waals surface area contributed by atoms with Crippen LogP contribution in [0.2, 0.25) is 0 Å². The van der Waals surface area contributed by atoms with Crippen LogP contribution in [0.5, 0.6) is 0 Å². The molecule has 0 aromatic rings. The van der Waals surface area contributed by atoms with Crippen LogP contribution in [-0.4, -0.2) is 29.1 Å². The van der Waals surface area contributed by atoms with Crippen LogP contribution in [0.1, 0.15) is 46.5 Å². The lowest BCUT2D eigenvalue weighted by Crippen LogP contribution is -2.47. The summed E-state index contributed by atoms with van der Waals surface area (Å²) in [5, 5.41) is 9.36. The highest BCUT2D eigenvalue weighted by molar-refractivity contribution is 6.04. The fraction of sp³-hybridized carbons (Fsp3) is 0.833. The van der Waals surface area contributed by atoms with Gasteiger partial charge in [-0.05, 0) is 33.6 Å². The van der Waals surface area contributed by atoms with E-state index in [1.165, 1.54) is 0 Å². The van der Waals surface area contributed by atoms with Gasteiger partial charge in [-0.15, -0.1) is 0 Å². The Bertz CT molecular complexity index is 290. The van der Waals surface area contributed by atoms with Crippen LogP contribution < -0.4 is 0 Å². The van der Waals surface area contributed by atoms with Crippen molar-refractivity contribution in [2.24, 2.45) is 5.41 Å². The van der Waals surface area contributed by atoms with Crippen LogP contribution in [0.3, 0.4) is 0 Å². The molecule has 0 aromatic heterocycles. The minimum absolute atomic E-state index is 0.185. The molecule has 0 heterocycles. The third-order valence-corrected chi connectivity index (χ3v) is 2.85. The van der Waals surface area contributed by atoms with E-state index < -0.39 is 23.6 Å². The number of carbonyl (C=O) groups is 2. The summed E-state index contributed by atoms with van der Waals surface area (Å²) in [4.78, 5) is 23.8. The third kappa shape index (κ3) is 2.61. The molecule has 1 aliphatic carbocycles. The number of hydrogen-bond acceptors (Lipinski definition) is 4. The second kappa shape index (κ2) is 4.53. The third-order valence-electron chi connectivity index (χ3n) is 2.85. The zero-order chi connectivity index (χ0) is 12.4. The zero-order valence-electron chi connectivity index (χ0n) is 10.2. The number of ether oxygens (including phenoxy) is 1. The van der Waals surface area contributed by atoms with E-state index in [1.54, 1.807) is 20.8 Å². The highest BCUT2D eigenvalue weighted by Gasteiger charge is 2.48. The van der Waals surface area contributed by atoms with Crippen LogP contribution >= 0.6 is 0 Å². The fourth-order valence-electron chi connectivity index (χ4n) is 1.91. The monoisotopic (exact) mass is 228 g/mol. The van der Waals surface area contributed by atoms with E-state index in [1.807, 2.05) is 0 Å². The number of Topliss-reactive ketones (excluding diaryl/α,β-unsaturated/α-hetero) is 1. The summed E-state index contributed by atoms with van der Waals surface area (Å²) >= 11 is 0. The van der Waals surface area contributed by atoms with Crippen LogP contribution in [0, 0.1) is 5.41 Å². The molecule has 1 aliphatic rings. The molecule has 1 rings (SSSR count). The minimum atomic E-state index is -1.30. The molecule has 0 spiro atoms. The lowest BCUT2D eigenvalue weighted by Gasteiger charge is -2.34. The lowest BCUT2D eigenvalue weighted by molar-refractivity contribution is -0.175. The molecule has 16 heavy (non-hydrogen) atoms. The molecule has 1 N–H and O–H groups in total. The molecule has 1 saturated carbocycles. The Labute approximate surface area is 96.0 Å². The van der Waals surface area contributed by atoms with Gasteiger partial charge in [-0.25, -0.2) is 0 Å². The van der Waals surface area contributed by atoms with Crippen molar-refractivity contribution in [2.45, 2.75) is 52.1 Å². The van der Waals surface area contributed by atoms with Crippen molar-refractivity contribution in [3.05, 3.63) is 0 Å². The van der Waals surface area contributed by atoms with Crippen molar-refractivity contribution in [1.29, 1.82) is 0 Å². The standard InChI is InChI=1S/C12H20O4/c1-11(2,3)16-10(15)12(8-13)7-5-4-6-9(12)14/h13H,4-8H2,1-3H3/t12-/m1/s1. The minimum Gasteiger partial charge on any atom is -0.459 e. The molecule has 0 bridgehead atoms. The first-order chi connectivity index (χ1) is 7.32. The summed E-state index contributed by atoms with van der Waals surface area (Å²) in [5.74, 6) is -0.761. The van der Waals surface area contributed by atoms with Gasteiger partial charge < -0.3 is 9.84 Å². The summed E-state index contributed by atoms with van der Waals surface area (Å²) in [6, 6.07) is 0. The Morgan fingerprint density at radius 1 is 1.44 bits per heavy atom. The predicted molar refractivity (Wildman–Crippen MR) is 58.8 cm³/mol. The zero-order valence-corrected chi connectivity index (χ0v) is 10.2. The fourth-order valence-corrected chi connectivity index (χ4v) is 1.91. The summed E-state index contributed by atoms with van der Waals surface area (Å²) in [7, 11) is 0. The van der Waals surface area contributed by atoms with Crippen LogP contribution in [0.25, 0.3) is 0 Å². The van der Waals surface area contributed by atoms with Gasteiger partial charge in [0.2, 0.25) is 0 Å². The molecular weight excluding hydrogens is 208 g/mol. The van der Waals surface area contributed by atoms with Crippen molar-refractivity contribution < 1.29 is 19.4 Å². The van der Waals surface area contributed by atoms with Crippen molar-refractivity contribution in [2.75, 3.05) is 6.61 Å². The van der Waals surface area contributed by atoms with E-state index in [-0.39, 0.29) is 5.78 Å². The van der Waals surface area contributed by atoms with Crippen molar-refractivity contribution >= 4 is 11.8 Å². The van der Waals surface area contributed by atoms with Crippen LogP contribution in [0.15, 0.2) is 0 Å². The summed E-state index contributed by atoms with van der Waals surface area (Å²) in [6.45, 7) is 4.82. The number of aliphatic hydroxyl groups excluding tert-OH is 1. The van der Waals surface area contributed by atoms with Crippen LogP contribution in [0.4, 0.5) is 0 Å². The molecule has 0 radical (unpaired) electrons. The second-order valence-corrected chi connectivity index (χ2v) is 5.37. The average Bonchev–Trinajstić information content (AvgIpc) is 2.16. The van der Waals surface area contributed by atoms with Gasteiger partial charge in [0, 0.05) is 6.42 Å². The van der Waals surface area contributed by atoms with Gasteiger partial charge in [-0.1, -0.05) is 6.42 Å². The Kier molecular flexibility index (Phi) is 3.73. The maximum absolute atomic E-state index is 12.0. The van der Waals surface area contributed by atoms with Gasteiger partial charge in [0.05, 0.1) is 6.61 Å². The molecular formula is C12H20O4. The predicted octanol–water partition coefficient (Wildman–Crippen LogP) is 1.45. The quantitative estimate of drug-likeness (QED) is 0.574.